The summed E-state index contributed by atoms with van der Waals surface area (Å²) in [7, 11) is 0. The molecule has 0 bridgehead atoms. The molecule has 9 heavy (non-hydrogen) atoms. The molecule has 0 aromatic rings. The molecule has 2 heteroatoms. The molecule has 0 rings (SSSR count). The van der Waals surface area contributed by atoms with E-state index in [9.17, 15) is 4.79 Å². The summed E-state index contributed by atoms with van der Waals surface area (Å²) >= 11 is 0. The maximum atomic E-state index is 9.75. The number of carbonyl (C=O) groups is 1. The lowest BCUT2D eigenvalue weighted by atomic mass is 10.4. The Kier molecular flexibility index (Phi) is 8.38. The molecule has 0 aromatic carbocycles. The number of carboxylic acid groups (broad SMARTS) is 1. The van der Waals surface area contributed by atoms with Gasteiger partial charge in [0, 0.05) is 13.5 Å². The Morgan fingerprint density at radius 2 is 2.00 bits per heavy atom. The maximum absolute atomic E-state index is 9.75. The first-order chi connectivity index (χ1) is 3.77. The van der Waals surface area contributed by atoms with Crippen LogP contribution < -0.4 is 0 Å². The monoisotopic (exact) mass is 124 g/mol. The Hall–Kier alpha value is -1.05. The first kappa shape index (κ1) is 10.8. The van der Waals surface area contributed by atoms with Crippen LogP contribution in [0.15, 0.2) is 24.3 Å². The fourth-order valence-electron chi connectivity index (χ4n) is 0.249. The van der Waals surface area contributed by atoms with Gasteiger partial charge in [-0.05, 0) is 6.92 Å². The fourth-order valence-corrected chi connectivity index (χ4v) is 0.249. The summed E-state index contributed by atoms with van der Waals surface area (Å²) in [6.45, 7) is 1.83. The third kappa shape index (κ3) is 10.9. The van der Waals surface area contributed by atoms with Gasteiger partial charge in [-0.1, -0.05) is 18.2 Å². The van der Waals surface area contributed by atoms with E-state index >= 15 is 0 Å². The molecule has 48 valence electrons. The van der Waals surface area contributed by atoms with Crippen LogP contribution in [0.4, 0.5) is 0 Å². The first-order valence-electron chi connectivity index (χ1n) is 2.29. The van der Waals surface area contributed by atoms with Gasteiger partial charge < -0.3 is 5.11 Å². The number of hydrogen-bond acceptors (Lipinski definition) is 1. The van der Waals surface area contributed by atoms with Gasteiger partial charge in [0.2, 0.25) is 0 Å². The molecule has 2 nitrogen and oxygen atoms in total. The smallest absolute Gasteiger partial charge is 0.328 e. The zero-order valence-corrected chi connectivity index (χ0v) is 5.16. The maximum Gasteiger partial charge on any atom is 0.328 e. The van der Waals surface area contributed by atoms with Crippen LogP contribution in [0.1, 0.15) is 6.92 Å². The van der Waals surface area contributed by atoms with Gasteiger partial charge in [-0.15, -0.1) is 0 Å². The molecule has 0 spiro atoms. The van der Waals surface area contributed by atoms with Crippen molar-refractivity contribution < 1.29 is 9.90 Å². The van der Waals surface area contributed by atoms with E-state index < -0.39 is 5.97 Å². The molecule has 0 fully saturated rings. The van der Waals surface area contributed by atoms with Gasteiger partial charge in [0.15, 0.2) is 0 Å². The highest BCUT2D eigenvalue weighted by molar-refractivity contribution is 5.80. The first-order valence-corrected chi connectivity index (χ1v) is 2.29. The molecule has 0 heterocycles. The number of hydrogen-bond donors (Lipinski definition) is 1. The summed E-state index contributed by atoms with van der Waals surface area (Å²) in [5.74, 6) is -0.914. The number of aliphatic carboxylic acids is 1. The highest BCUT2D eigenvalue weighted by Crippen LogP contribution is 1.74. The topological polar surface area (TPSA) is 37.3 Å². The number of carboxylic acids is 1. The molecule has 0 saturated heterocycles. The van der Waals surface area contributed by atoms with E-state index in [1.165, 1.54) is 6.08 Å². The summed E-state index contributed by atoms with van der Waals surface area (Å²) in [6, 6.07) is 0. The molecule has 0 aliphatic carbocycles. The summed E-state index contributed by atoms with van der Waals surface area (Å²) in [5, 5.41) is 8.02. The standard InChI is InChI=1S/C6H8O2.C/c1-2-3-4-5-6(7)8;/h2-5H,1H3,(H,7,8);. The second kappa shape index (κ2) is 6.95. The van der Waals surface area contributed by atoms with Gasteiger partial charge in [0.25, 0.3) is 0 Å². The highest BCUT2D eigenvalue weighted by atomic mass is 16.4. The zero-order valence-electron chi connectivity index (χ0n) is 5.16. The van der Waals surface area contributed by atoms with Gasteiger partial charge in [-0.3, -0.25) is 0 Å². The van der Waals surface area contributed by atoms with Gasteiger partial charge in [-0.2, -0.15) is 0 Å². The Balaban J connectivity index is 0. The minimum Gasteiger partial charge on any atom is -0.478 e. The zero-order chi connectivity index (χ0) is 6.41. The average molecular weight is 124 g/mol. The predicted octanol–water partition coefficient (Wildman–Crippen LogP) is 1.28. The minimum absolute atomic E-state index is 0. The van der Waals surface area contributed by atoms with Crippen LogP contribution in [0, 0.1) is 7.43 Å². The van der Waals surface area contributed by atoms with Crippen LogP contribution in [0.25, 0.3) is 0 Å². The lowest BCUT2D eigenvalue weighted by molar-refractivity contribution is -0.131. The number of rotatable bonds is 2. The van der Waals surface area contributed by atoms with Crippen LogP contribution >= 0.6 is 0 Å². The molecular formula is C7H8O2. The Morgan fingerprint density at radius 1 is 1.44 bits per heavy atom. The molecule has 1 N–H and O–H groups in total. The Morgan fingerprint density at radius 3 is 2.33 bits per heavy atom. The van der Waals surface area contributed by atoms with Crippen molar-refractivity contribution >= 4 is 5.97 Å². The van der Waals surface area contributed by atoms with E-state index in [1.54, 1.807) is 12.2 Å². The SMILES string of the molecule is CC=CC=CC(=O)O.[C]. The lowest BCUT2D eigenvalue weighted by Crippen LogP contribution is -1.83. The van der Waals surface area contributed by atoms with Gasteiger partial charge >= 0.3 is 5.97 Å². The Bertz CT molecular complexity index is 123. The Labute approximate surface area is 55.5 Å². The van der Waals surface area contributed by atoms with Gasteiger partial charge in [0.1, 0.15) is 0 Å². The highest BCUT2D eigenvalue weighted by Gasteiger charge is 1.78. The number of allylic oxidation sites excluding steroid dienone is 3. The van der Waals surface area contributed by atoms with Crippen LogP contribution in [0.2, 0.25) is 0 Å². The third-order valence-electron chi connectivity index (χ3n) is 0.542. The molecule has 0 atom stereocenters. The molecule has 0 aliphatic heterocycles. The van der Waals surface area contributed by atoms with E-state index in [1.807, 2.05) is 6.92 Å². The summed E-state index contributed by atoms with van der Waals surface area (Å²) in [4.78, 5) is 9.75. The van der Waals surface area contributed by atoms with Crippen molar-refractivity contribution in [1.29, 1.82) is 0 Å². The van der Waals surface area contributed by atoms with Crippen molar-refractivity contribution in [2.75, 3.05) is 0 Å². The van der Waals surface area contributed by atoms with E-state index in [0.29, 0.717) is 0 Å². The van der Waals surface area contributed by atoms with E-state index in [0.717, 1.165) is 6.08 Å². The van der Waals surface area contributed by atoms with Crippen molar-refractivity contribution in [3.63, 3.8) is 0 Å². The molecule has 0 aromatic heterocycles. The average Bonchev–Trinajstić information content (AvgIpc) is 1.66. The van der Waals surface area contributed by atoms with Crippen molar-refractivity contribution in [3.8, 4) is 0 Å². The van der Waals surface area contributed by atoms with Crippen molar-refractivity contribution in [3.05, 3.63) is 31.7 Å². The van der Waals surface area contributed by atoms with E-state index in [4.69, 9.17) is 5.11 Å². The molecular weight excluding hydrogens is 116 g/mol. The van der Waals surface area contributed by atoms with Crippen molar-refractivity contribution in [2.45, 2.75) is 6.92 Å². The van der Waals surface area contributed by atoms with Crippen LogP contribution in [0.3, 0.4) is 0 Å². The minimum atomic E-state index is -0.914. The van der Waals surface area contributed by atoms with Gasteiger partial charge in [0.05, 0.1) is 0 Å². The summed E-state index contributed by atoms with van der Waals surface area (Å²) in [5.41, 5.74) is 0. The summed E-state index contributed by atoms with van der Waals surface area (Å²) < 4.78 is 0. The van der Waals surface area contributed by atoms with Crippen LogP contribution in [-0.2, 0) is 4.79 Å². The molecule has 0 unspecified atom stereocenters. The molecule has 0 saturated carbocycles. The fraction of sp³-hybridized carbons (Fsp3) is 0.143. The van der Waals surface area contributed by atoms with Crippen molar-refractivity contribution in [2.24, 2.45) is 0 Å². The van der Waals surface area contributed by atoms with E-state index in [-0.39, 0.29) is 7.43 Å². The summed E-state index contributed by atoms with van der Waals surface area (Å²) in [6.07, 6.45) is 5.98. The second-order valence-corrected chi connectivity index (χ2v) is 1.22. The van der Waals surface area contributed by atoms with Crippen molar-refractivity contribution in [1.82, 2.24) is 0 Å². The molecule has 4 radical (unpaired) electrons. The second-order valence-electron chi connectivity index (χ2n) is 1.22. The largest absolute Gasteiger partial charge is 0.478 e. The van der Waals surface area contributed by atoms with Crippen LogP contribution in [-0.4, -0.2) is 11.1 Å². The predicted molar refractivity (Wildman–Crippen MR) is 34.8 cm³/mol. The quantitative estimate of drug-likeness (QED) is 0.444. The van der Waals surface area contributed by atoms with Gasteiger partial charge in [-0.25, -0.2) is 4.79 Å². The molecule has 0 aliphatic rings. The van der Waals surface area contributed by atoms with Crippen LogP contribution in [0.5, 0.6) is 0 Å². The lowest BCUT2D eigenvalue weighted by Gasteiger charge is -1.72. The third-order valence-corrected chi connectivity index (χ3v) is 0.542. The molecule has 0 amide bonds. The normalized spacial score (nSPS) is 9.89. The van der Waals surface area contributed by atoms with E-state index in [2.05, 4.69) is 0 Å².